The zero-order valence-electron chi connectivity index (χ0n) is 23.3. The number of fused-ring (bicyclic) bond motifs is 3. The Balaban J connectivity index is 1.81. The molecule has 0 heterocycles. The van der Waals surface area contributed by atoms with Gasteiger partial charge in [0.05, 0.1) is 6.54 Å². The molecule has 1 amide bonds. The fourth-order valence-electron chi connectivity index (χ4n) is 4.80. The van der Waals surface area contributed by atoms with E-state index in [4.69, 9.17) is 20.9 Å². The molecule has 0 aliphatic heterocycles. The maximum atomic E-state index is 13.6. The summed E-state index contributed by atoms with van der Waals surface area (Å²) in [4.78, 5) is 39.2. The number of hydrogen-bond donors (Lipinski definition) is 3. The zero-order valence-corrected chi connectivity index (χ0v) is 23.3. The number of hydrogen-bond acceptors (Lipinski definition) is 7. The van der Waals surface area contributed by atoms with Crippen molar-refractivity contribution in [1.29, 1.82) is 0 Å². The van der Waals surface area contributed by atoms with E-state index in [9.17, 15) is 19.5 Å². The number of aliphatic carboxylic acids is 1. The van der Waals surface area contributed by atoms with E-state index in [2.05, 4.69) is 12.1 Å². The minimum Gasteiger partial charge on any atom is -0.480 e. The van der Waals surface area contributed by atoms with Crippen molar-refractivity contribution in [2.24, 2.45) is 11.5 Å². The fraction of sp³-hybridized carbons (Fsp3) is 0.500. The van der Waals surface area contributed by atoms with Gasteiger partial charge in [-0.05, 0) is 55.9 Å². The third-order valence-electron chi connectivity index (χ3n) is 6.88. The number of benzene rings is 2. The van der Waals surface area contributed by atoms with Crippen molar-refractivity contribution in [3.63, 3.8) is 0 Å². The second kappa shape index (κ2) is 12.6. The van der Waals surface area contributed by atoms with Crippen LogP contribution in [0.3, 0.4) is 0 Å². The predicted octanol–water partition coefficient (Wildman–Crippen LogP) is 4.27. The van der Waals surface area contributed by atoms with Gasteiger partial charge in [-0.3, -0.25) is 4.79 Å². The predicted molar refractivity (Wildman–Crippen MR) is 149 cm³/mol. The van der Waals surface area contributed by atoms with Gasteiger partial charge in [0.25, 0.3) is 0 Å². The molecule has 0 aromatic heterocycles. The Kier molecular flexibility index (Phi) is 9.74. The minimum absolute atomic E-state index is 0.0247. The third kappa shape index (κ3) is 7.58. The molecule has 0 spiro atoms. The molecule has 0 saturated heterocycles. The maximum absolute atomic E-state index is 13.6. The molecule has 2 aromatic rings. The van der Waals surface area contributed by atoms with Crippen LogP contribution in [-0.4, -0.2) is 64.9 Å². The first kappa shape index (κ1) is 30.1. The first-order valence-electron chi connectivity index (χ1n) is 13.5. The Labute approximate surface area is 230 Å². The average molecular weight is 540 g/mol. The molecule has 2 atom stereocenters. The van der Waals surface area contributed by atoms with Crippen molar-refractivity contribution in [3.05, 3.63) is 59.7 Å². The van der Waals surface area contributed by atoms with Gasteiger partial charge in [0.1, 0.15) is 23.8 Å². The molecule has 212 valence electrons. The van der Waals surface area contributed by atoms with Gasteiger partial charge in [-0.25, -0.2) is 9.59 Å². The van der Waals surface area contributed by atoms with Gasteiger partial charge in [-0.2, -0.15) is 0 Å². The van der Waals surface area contributed by atoms with E-state index in [1.165, 1.54) is 4.90 Å². The number of carbonyl (C=O) groups excluding carboxylic acids is 2. The van der Waals surface area contributed by atoms with E-state index in [0.717, 1.165) is 28.7 Å². The number of esters is 1. The van der Waals surface area contributed by atoms with Gasteiger partial charge in [0.2, 0.25) is 0 Å². The first-order valence-corrected chi connectivity index (χ1v) is 13.5. The van der Waals surface area contributed by atoms with Crippen molar-refractivity contribution in [1.82, 2.24) is 4.90 Å². The van der Waals surface area contributed by atoms with E-state index in [-0.39, 0.29) is 38.5 Å². The smallest absolute Gasteiger partial charge is 0.410 e. The molecule has 0 bridgehead atoms. The zero-order chi connectivity index (χ0) is 28.8. The molecule has 2 aromatic carbocycles. The summed E-state index contributed by atoms with van der Waals surface area (Å²) in [5.41, 5.74) is 14.5. The van der Waals surface area contributed by atoms with E-state index < -0.39 is 35.2 Å². The highest BCUT2D eigenvalue weighted by Gasteiger charge is 2.40. The Hall–Kier alpha value is -3.43. The van der Waals surface area contributed by atoms with Gasteiger partial charge >= 0.3 is 18.0 Å². The van der Waals surface area contributed by atoms with Gasteiger partial charge in [-0.1, -0.05) is 68.3 Å². The lowest BCUT2D eigenvalue weighted by atomic mass is 9.92. The Bertz CT molecular complexity index is 1130. The van der Waals surface area contributed by atoms with Crippen LogP contribution in [-0.2, 0) is 19.1 Å². The summed E-state index contributed by atoms with van der Waals surface area (Å²) in [5, 5.41) is 9.21. The van der Waals surface area contributed by atoms with Crippen molar-refractivity contribution < 1.29 is 29.0 Å². The van der Waals surface area contributed by atoms with Gasteiger partial charge in [0.15, 0.2) is 0 Å². The summed E-state index contributed by atoms with van der Waals surface area (Å²) >= 11 is 0. The number of rotatable bonds is 12. The van der Waals surface area contributed by atoms with Crippen molar-refractivity contribution in [3.8, 4) is 11.1 Å². The second-order valence-electron chi connectivity index (χ2n) is 11.2. The minimum atomic E-state index is -1.52. The molecular formula is C30H41N3O6. The molecule has 9 heteroatoms. The number of amides is 1. The lowest BCUT2D eigenvalue weighted by molar-refractivity contribution is -0.151. The quantitative estimate of drug-likeness (QED) is 0.339. The average Bonchev–Trinajstić information content (AvgIpc) is 3.20. The summed E-state index contributed by atoms with van der Waals surface area (Å²) < 4.78 is 11.4. The SMILES string of the molecule is CCCCC(N)(CN(CCC(N)C(=O)O)C(=O)OC(C)(C)C)C(=O)OCC1c2ccccc2-c2ccccc21. The Morgan fingerprint density at radius 1 is 1.03 bits per heavy atom. The van der Waals surface area contributed by atoms with Gasteiger partial charge in [-0.15, -0.1) is 0 Å². The molecule has 9 nitrogen and oxygen atoms in total. The first-order chi connectivity index (χ1) is 18.4. The van der Waals surface area contributed by atoms with Crippen molar-refractivity contribution in [2.75, 3.05) is 19.7 Å². The molecule has 1 aliphatic rings. The van der Waals surface area contributed by atoms with Crippen molar-refractivity contribution >= 4 is 18.0 Å². The molecule has 3 rings (SSSR count). The third-order valence-corrected chi connectivity index (χ3v) is 6.88. The van der Waals surface area contributed by atoms with Crippen molar-refractivity contribution in [2.45, 2.75) is 76.5 Å². The molecule has 1 aliphatic carbocycles. The fourth-order valence-corrected chi connectivity index (χ4v) is 4.80. The number of carboxylic acids is 1. The van der Waals surface area contributed by atoms with Crippen LogP contribution in [0.1, 0.15) is 70.4 Å². The number of unbranched alkanes of at least 4 members (excludes halogenated alkanes) is 1. The highest BCUT2D eigenvalue weighted by molar-refractivity contribution is 5.83. The highest BCUT2D eigenvalue weighted by atomic mass is 16.6. The van der Waals surface area contributed by atoms with Crippen LogP contribution in [0.5, 0.6) is 0 Å². The summed E-state index contributed by atoms with van der Waals surface area (Å²) in [6, 6.07) is 14.9. The topological polar surface area (TPSA) is 145 Å². The summed E-state index contributed by atoms with van der Waals surface area (Å²) in [6.45, 7) is 7.04. The van der Waals surface area contributed by atoms with Crippen LogP contribution < -0.4 is 11.5 Å². The van der Waals surface area contributed by atoms with Crippen LogP contribution in [0, 0.1) is 0 Å². The van der Waals surface area contributed by atoms with E-state index in [1.54, 1.807) is 20.8 Å². The van der Waals surface area contributed by atoms with E-state index in [0.29, 0.717) is 6.42 Å². The normalized spacial score (nSPS) is 15.0. The van der Waals surface area contributed by atoms with Crippen LogP contribution in [0.2, 0.25) is 0 Å². The lowest BCUT2D eigenvalue weighted by Gasteiger charge is -2.35. The number of carbonyl (C=O) groups is 3. The molecular weight excluding hydrogens is 498 g/mol. The Morgan fingerprint density at radius 2 is 1.59 bits per heavy atom. The monoisotopic (exact) mass is 539 g/mol. The number of carboxylic acid groups (broad SMARTS) is 1. The molecule has 0 fully saturated rings. The van der Waals surface area contributed by atoms with Crippen LogP contribution in [0.15, 0.2) is 48.5 Å². The maximum Gasteiger partial charge on any atom is 0.410 e. The summed E-state index contributed by atoms with van der Waals surface area (Å²) in [5.74, 6) is -1.93. The van der Waals surface area contributed by atoms with Gasteiger partial charge < -0.3 is 30.9 Å². The largest absolute Gasteiger partial charge is 0.480 e. The molecule has 0 saturated carbocycles. The van der Waals surface area contributed by atoms with Crippen LogP contribution in [0.25, 0.3) is 11.1 Å². The summed E-state index contributed by atoms with van der Waals surface area (Å²) in [6.07, 6.45) is 0.981. The molecule has 0 radical (unpaired) electrons. The molecule has 2 unspecified atom stereocenters. The second-order valence-corrected chi connectivity index (χ2v) is 11.2. The number of nitrogens with two attached hydrogens (primary N) is 2. The van der Waals surface area contributed by atoms with Crippen LogP contribution >= 0.6 is 0 Å². The lowest BCUT2D eigenvalue weighted by Crippen LogP contribution is -2.59. The van der Waals surface area contributed by atoms with Crippen LogP contribution in [0.4, 0.5) is 4.79 Å². The number of nitrogens with zero attached hydrogens (tertiary/aromatic N) is 1. The summed E-state index contributed by atoms with van der Waals surface area (Å²) in [7, 11) is 0. The van der Waals surface area contributed by atoms with Gasteiger partial charge in [0, 0.05) is 12.5 Å². The molecule has 5 N–H and O–H groups in total. The molecule has 39 heavy (non-hydrogen) atoms. The standard InChI is InChI=1S/C30H41N3O6/c1-5-6-16-30(32,19-33(17-15-25(31)26(34)35)28(37)39-29(2,3)4)27(36)38-18-24-22-13-9-7-11-20(22)21-12-8-10-14-23(21)24/h7-14,24-25H,5-6,15-19,31-32H2,1-4H3,(H,34,35). The van der Waals surface area contributed by atoms with E-state index >= 15 is 0 Å². The Morgan fingerprint density at radius 3 is 2.10 bits per heavy atom. The highest BCUT2D eigenvalue weighted by Crippen LogP contribution is 2.44. The van der Waals surface area contributed by atoms with E-state index in [1.807, 2.05) is 43.3 Å². The number of ether oxygens (including phenoxy) is 2.